The fourth-order valence-corrected chi connectivity index (χ4v) is 7.53. The molecule has 0 bridgehead atoms. The van der Waals surface area contributed by atoms with Crippen LogP contribution >= 0.6 is 0 Å². The summed E-state index contributed by atoms with van der Waals surface area (Å²) in [6.07, 6.45) is 5.64. The van der Waals surface area contributed by atoms with Crippen molar-refractivity contribution in [2.24, 2.45) is 0 Å². The SMILES string of the molecule is CC(C)(C)OC(=O)NC1CCN(Cc2ccc(-c3cnc4[nH]cc(C(=O)c5c(F)ccc(NS(=O)(=O)N6CCCC6)c5F)c4c3)cc2)CC1. The summed E-state index contributed by atoms with van der Waals surface area (Å²) in [4.78, 5) is 35.4. The van der Waals surface area contributed by atoms with Crippen molar-refractivity contribution in [3.8, 4) is 11.1 Å². The van der Waals surface area contributed by atoms with Crippen LogP contribution < -0.4 is 10.0 Å². The number of aromatic amines is 1. The first-order chi connectivity index (χ1) is 23.3. The lowest BCUT2D eigenvalue weighted by Gasteiger charge is -2.32. The Kier molecular flexibility index (Phi) is 9.74. The normalized spacial score (nSPS) is 16.6. The lowest BCUT2D eigenvalue weighted by Crippen LogP contribution is -2.45. The number of rotatable bonds is 9. The quantitative estimate of drug-likeness (QED) is 0.184. The molecule has 14 heteroatoms. The second-order valence-electron chi connectivity index (χ2n) is 13.5. The molecule has 0 atom stereocenters. The number of piperidine rings is 1. The maximum Gasteiger partial charge on any atom is 0.407 e. The zero-order chi connectivity index (χ0) is 34.9. The Morgan fingerprint density at radius 2 is 1.69 bits per heavy atom. The van der Waals surface area contributed by atoms with Gasteiger partial charge in [-0.15, -0.1) is 0 Å². The number of pyridine rings is 1. The average Bonchev–Trinajstić information content (AvgIpc) is 3.74. The second-order valence-corrected chi connectivity index (χ2v) is 15.2. The van der Waals surface area contributed by atoms with Gasteiger partial charge >= 0.3 is 16.3 Å². The van der Waals surface area contributed by atoms with Crippen molar-refractivity contribution in [2.75, 3.05) is 30.9 Å². The highest BCUT2D eigenvalue weighted by Gasteiger charge is 2.30. The number of hydrogen-bond acceptors (Lipinski definition) is 7. The largest absolute Gasteiger partial charge is 0.444 e. The van der Waals surface area contributed by atoms with Crippen LogP contribution in [0.1, 0.15) is 67.9 Å². The standard InChI is InChI=1S/C35H40F2N6O5S/c1-35(2,3)48-34(45)40-25-12-16-42(17-13-25)21-22-6-8-23(9-7-22)24-18-26-27(20-39-33(26)38-19-24)32(44)30-28(36)10-11-29(31(30)37)41-49(46,47)43-14-4-5-15-43/h6-11,18-20,25,41H,4-5,12-17,21H2,1-3H3,(H,38,39)(H,40,45). The van der Waals surface area contributed by atoms with Gasteiger partial charge in [0, 0.05) is 67.7 Å². The third-order valence-corrected chi connectivity index (χ3v) is 10.3. The van der Waals surface area contributed by atoms with Crippen molar-refractivity contribution >= 4 is 38.8 Å². The van der Waals surface area contributed by atoms with Crippen molar-refractivity contribution in [3.05, 3.63) is 83.2 Å². The van der Waals surface area contributed by atoms with Crippen LogP contribution in [-0.4, -0.2) is 77.3 Å². The predicted octanol–water partition coefficient (Wildman–Crippen LogP) is 5.98. The fraction of sp³-hybridized carbons (Fsp3) is 0.400. The van der Waals surface area contributed by atoms with Gasteiger partial charge in [0.15, 0.2) is 5.82 Å². The van der Waals surface area contributed by atoms with E-state index < -0.39 is 50.6 Å². The molecule has 1 amide bonds. The molecule has 4 heterocycles. The summed E-state index contributed by atoms with van der Waals surface area (Å²) in [5.74, 6) is -3.34. The van der Waals surface area contributed by atoms with E-state index in [0.29, 0.717) is 42.5 Å². The topological polar surface area (TPSA) is 137 Å². The number of benzene rings is 2. The molecule has 2 aliphatic heterocycles. The molecule has 2 aromatic carbocycles. The van der Waals surface area contributed by atoms with Crippen LogP contribution in [0.3, 0.4) is 0 Å². The minimum Gasteiger partial charge on any atom is -0.444 e. The van der Waals surface area contributed by atoms with Crippen LogP contribution in [0.25, 0.3) is 22.2 Å². The number of nitrogens with zero attached hydrogens (tertiary/aromatic N) is 3. The third kappa shape index (κ3) is 7.92. The predicted molar refractivity (Wildman–Crippen MR) is 182 cm³/mol. The van der Waals surface area contributed by atoms with Gasteiger partial charge in [-0.2, -0.15) is 12.7 Å². The summed E-state index contributed by atoms with van der Waals surface area (Å²) >= 11 is 0. The van der Waals surface area contributed by atoms with E-state index in [4.69, 9.17) is 4.74 Å². The number of amides is 1. The second kappa shape index (κ2) is 13.8. The molecule has 3 N–H and O–H groups in total. The summed E-state index contributed by atoms with van der Waals surface area (Å²) in [5, 5.41) is 3.33. The van der Waals surface area contributed by atoms with E-state index in [9.17, 15) is 22.4 Å². The molecule has 6 rings (SSSR count). The maximum absolute atomic E-state index is 15.6. The molecular formula is C35H40F2N6O5S. The number of ketones is 1. The number of halogens is 2. The van der Waals surface area contributed by atoms with Crippen LogP contribution in [0.15, 0.2) is 54.9 Å². The number of carbonyl (C=O) groups is 2. The van der Waals surface area contributed by atoms with Crippen LogP contribution in [0.5, 0.6) is 0 Å². The first-order valence-corrected chi connectivity index (χ1v) is 17.8. The number of anilines is 1. The van der Waals surface area contributed by atoms with Gasteiger partial charge in [-0.25, -0.2) is 18.6 Å². The Morgan fingerprint density at radius 3 is 2.37 bits per heavy atom. The minimum absolute atomic E-state index is 0.00267. The Hall–Kier alpha value is -4.40. The third-order valence-electron chi connectivity index (χ3n) is 8.74. The number of hydrogen-bond donors (Lipinski definition) is 3. The Morgan fingerprint density at radius 1 is 1.00 bits per heavy atom. The molecule has 260 valence electrons. The smallest absolute Gasteiger partial charge is 0.407 e. The van der Waals surface area contributed by atoms with Gasteiger partial charge in [0.1, 0.15) is 17.1 Å². The molecule has 0 radical (unpaired) electrons. The number of fused-ring (bicyclic) bond motifs is 1. The molecule has 0 aliphatic carbocycles. The van der Waals surface area contributed by atoms with E-state index in [-0.39, 0.29) is 11.6 Å². The molecule has 2 saturated heterocycles. The zero-order valence-electron chi connectivity index (χ0n) is 27.7. The molecular weight excluding hydrogens is 654 g/mol. The molecule has 11 nitrogen and oxygen atoms in total. The van der Waals surface area contributed by atoms with Gasteiger partial charge in [-0.3, -0.25) is 14.4 Å². The minimum atomic E-state index is -4.07. The number of nitrogens with one attached hydrogen (secondary N) is 3. The Balaban J connectivity index is 1.14. The van der Waals surface area contributed by atoms with Crippen molar-refractivity contribution in [1.29, 1.82) is 0 Å². The van der Waals surface area contributed by atoms with Crippen LogP contribution in [0.4, 0.5) is 19.3 Å². The summed E-state index contributed by atoms with van der Waals surface area (Å²) < 4.78 is 64.8. The van der Waals surface area contributed by atoms with E-state index in [2.05, 4.69) is 24.9 Å². The number of H-pyrrole nitrogens is 1. The molecule has 2 aliphatic rings. The van der Waals surface area contributed by atoms with Gasteiger partial charge in [-0.05, 0) is 75.8 Å². The number of aromatic nitrogens is 2. The summed E-state index contributed by atoms with van der Waals surface area (Å²) in [7, 11) is -4.07. The van der Waals surface area contributed by atoms with Crippen molar-refractivity contribution in [1.82, 2.24) is 24.5 Å². The highest BCUT2D eigenvalue weighted by atomic mass is 32.2. The Labute approximate surface area is 284 Å². The van der Waals surface area contributed by atoms with Gasteiger partial charge in [0.05, 0.1) is 11.3 Å². The first kappa shape index (κ1) is 34.5. The number of carbonyl (C=O) groups excluding carboxylic acids is 2. The van der Waals surface area contributed by atoms with Crippen LogP contribution in [0, 0.1) is 11.6 Å². The molecule has 4 aromatic rings. The first-order valence-electron chi connectivity index (χ1n) is 16.4. The average molecular weight is 695 g/mol. The van der Waals surface area contributed by atoms with E-state index in [1.807, 2.05) is 45.0 Å². The van der Waals surface area contributed by atoms with Gasteiger partial charge in [-0.1, -0.05) is 24.3 Å². The van der Waals surface area contributed by atoms with E-state index in [1.54, 1.807) is 12.3 Å². The number of alkyl carbamates (subject to hydrolysis) is 1. The monoisotopic (exact) mass is 694 g/mol. The highest BCUT2D eigenvalue weighted by molar-refractivity contribution is 7.90. The maximum atomic E-state index is 15.6. The number of ether oxygens (including phenoxy) is 1. The van der Waals surface area contributed by atoms with Crippen molar-refractivity contribution in [3.63, 3.8) is 0 Å². The molecule has 49 heavy (non-hydrogen) atoms. The molecule has 0 spiro atoms. The lowest BCUT2D eigenvalue weighted by molar-refractivity contribution is 0.0477. The molecule has 0 unspecified atom stereocenters. The van der Waals surface area contributed by atoms with Crippen molar-refractivity contribution in [2.45, 2.75) is 64.6 Å². The summed E-state index contributed by atoms with van der Waals surface area (Å²) in [6.45, 7) is 8.53. The van der Waals surface area contributed by atoms with Gasteiger partial charge in [0.25, 0.3) is 0 Å². The van der Waals surface area contributed by atoms with Crippen LogP contribution in [-0.2, 0) is 21.5 Å². The summed E-state index contributed by atoms with van der Waals surface area (Å²) in [5.41, 5.74) is 1.12. The van der Waals surface area contributed by atoms with Crippen molar-refractivity contribution < 1.29 is 31.5 Å². The van der Waals surface area contributed by atoms with Crippen LogP contribution in [0.2, 0.25) is 0 Å². The van der Waals surface area contributed by atoms with E-state index >= 15 is 4.39 Å². The number of likely N-dealkylation sites (tertiary alicyclic amines) is 1. The lowest BCUT2D eigenvalue weighted by atomic mass is 9.99. The van der Waals surface area contributed by atoms with Gasteiger partial charge in [0.2, 0.25) is 5.78 Å². The zero-order valence-corrected chi connectivity index (χ0v) is 28.5. The molecule has 2 aromatic heterocycles. The highest BCUT2D eigenvalue weighted by Crippen LogP contribution is 2.30. The molecule has 0 saturated carbocycles. The van der Waals surface area contributed by atoms with Gasteiger partial charge < -0.3 is 15.0 Å². The summed E-state index contributed by atoms with van der Waals surface area (Å²) in [6, 6.07) is 11.6. The molecule has 2 fully saturated rings. The Bertz CT molecular complexity index is 1960. The van der Waals surface area contributed by atoms with E-state index in [1.165, 1.54) is 10.5 Å². The fourth-order valence-electron chi connectivity index (χ4n) is 6.23. The van der Waals surface area contributed by atoms with E-state index in [0.717, 1.165) is 55.7 Å².